The van der Waals surface area contributed by atoms with Crippen LogP contribution in [0.4, 0.5) is 0 Å². The number of aromatic nitrogens is 2. The Hall–Kier alpha value is -2.37. The van der Waals surface area contributed by atoms with Gasteiger partial charge in [-0.05, 0) is 43.9 Å². The topological polar surface area (TPSA) is 78.1 Å². The van der Waals surface area contributed by atoms with Crippen LogP contribution in [0.15, 0.2) is 18.2 Å². The SMILES string of the molecule is CC[C@H](NC(=O)CCC(=O)N1CCCCCC1)c1nc2ccc(C)cc2[nH]1. The number of carbonyl (C=O) groups excluding carboxylic acids is 2. The van der Waals surface area contributed by atoms with E-state index in [0.717, 1.165) is 49.2 Å². The van der Waals surface area contributed by atoms with Crippen molar-refractivity contribution in [3.8, 4) is 0 Å². The van der Waals surface area contributed by atoms with Gasteiger partial charge in [-0.25, -0.2) is 4.98 Å². The van der Waals surface area contributed by atoms with Crippen molar-refractivity contribution >= 4 is 22.8 Å². The first-order valence-electron chi connectivity index (χ1n) is 10.1. The molecule has 2 amide bonds. The molecule has 1 fully saturated rings. The van der Waals surface area contributed by atoms with Gasteiger partial charge >= 0.3 is 0 Å². The maximum Gasteiger partial charge on any atom is 0.223 e. The van der Waals surface area contributed by atoms with Crippen molar-refractivity contribution in [1.82, 2.24) is 20.2 Å². The van der Waals surface area contributed by atoms with Crippen molar-refractivity contribution in [3.05, 3.63) is 29.6 Å². The third-order valence-corrected chi connectivity index (χ3v) is 5.25. The number of fused-ring (bicyclic) bond motifs is 1. The summed E-state index contributed by atoms with van der Waals surface area (Å²) in [6, 6.07) is 5.90. The van der Waals surface area contributed by atoms with Gasteiger partial charge in [-0.3, -0.25) is 9.59 Å². The molecule has 0 radical (unpaired) electrons. The average molecular weight is 370 g/mol. The molecule has 0 unspecified atom stereocenters. The second-order valence-corrected chi connectivity index (χ2v) is 7.47. The van der Waals surface area contributed by atoms with E-state index in [0.29, 0.717) is 0 Å². The zero-order valence-electron chi connectivity index (χ0n) is 16.4. The first kappa shape index (κ1) is 19.4. The fourth-order valence-electron chi connectivity index (χ4n) is 3.64. The van der Waals surface area contributed by atoms with Gasteiger partial charge in [-0.2, -0.15) is 0 Å². The maximum absolute atomic E-state index is 12.4. The third-order valence-electron chi connectivity index (χ3n) is 5.25. The molecule has 3 rings (SSSR count). The number of imidazole rings is 1. The smallest absolute Gasteiger partial charge is 0.223 e. The second-order valence-electron chi connectivity index (χ2n) is 7.47. The lowest BCUT2D eigenvalue weighted by atomic mass is 10.2. The highest BCUT2D eigenvalue weighted by Gasteiger charge is 2.19. The number of carbonyl (C=O) groups is 2. The minimum Gasteiger partial charge on any atom is -0.346 e. The van der Waals surface area contributed by atoms with Gasteiger partial charge in [0.2, 0.25) is 11.8 Å². The first-order chi connectivity index (χ1) is 13.1. The molecule has 1 atom stereocenters. The van der Waals surface area contributed by atoms with Crippen molar-refractivity contribution in [3.63, 3.8) is 0 Å². The molecule has 1 aromatic heterocycles. The van der Waals surface area contributed by atoms with E-state index in [2.05, 4.69) is 21.4 Å². The van der Waals surface area contributed by atoms with E-state index >= 15 is 0 Å². The molecule has 2 aromatic rings. The van der Waals surface area contributed by atoms with Gasteiger partial charge in [0.15, 0.2) is 0 Å². The highest BCUT2D eigenvalue weighted by Crippen LogP contribution is 2.20. The largest absolute Gasteiger partial charge is 0.346 e. The second kappa shape index (κ2) is 9.02. The standard InChI is InChI=1S/C21H30N4O2/c1-3-16(21-23-17-9-8-15(2)14-18(17)24-21)22-19(26)10-11-20(27)25-12-6-4-5-7-13-25/h8-9,14,16H,3-7,10-13H2,1-2H3,(H,22,26)(H,23,24)/t16-/m0/s1. The lowest BCUT2D eigenvalue weighted by molar-refractivity contribution is -0.133. The van der Waals surface area contributed by atoms with Crippen molar-refractivity contribution in [2.45, 2.75) is 64.8 Å². The minimum atomic E-state index is -0.168. The lowest BCUT2D eigenvalue weighted by Crippen LogP contribution is -2.34. The number of likely N-dealkylation sites (tertiary alicyclic amines) is 1. The number of nitrogens with one attached hydrogen (secondary N) is 2. The number of H-pyrrole nitrogens is 1. The molecular formula is C21H30N4O2. The van der Waals surface area contributed by atoms with Crippen LogP contribution in [-0.2, 0) is 9.59 Å². The Labute approximate surface area is 160 Å². The molecule has 0 aliphatic carbocycles. The first-order valence-corrected chi connectivity index (χ1v) is 10.1. The van der Waals surface area contributed by atoms with E-state index in [1.807, 2.05) is 30.9 Å². The average Bonchev–Trinajstić information content (AvgIpc) is 2.88. The fraction of sp³-hybridized carbons (Fsp3) is 0.571. The molecule has 6 heteroatoms. The van der Waals surface area contributed by atoms with E-state index in [4.69, 9.17) is 0 Å². The fourth-order valence-corrected chi connectivity index (χ4v) is 3.64. The molecule has 2 N–H and O–H groups in total. The molecule has 27 heavy (non-hydrogen) atoms. The van der Waals surface area contributed by atoms with Crippen LogP contribution in [0.5, 0.6) is 0 Å². The summed E-state index contributed by atoms with van der Waals surface area (Å²) in [6.07, 6.45) is 5.78. The number of rotatable bonds is 6. The summed E-state index contributed by atoms with van der Waals surface area (Å²) in [5, 5.41) is 3.03. The van der Waals surface area contributed by atoms with E-state index in [1.165, 1.54) is 18.4 Å². The summed E-state index contributed by atoms with van der Waals surface area (Å²) < 4.78 is 0. The van der Waals surface area contributed by atoms with E-state index < -0.39 is 0 Å². The van der Waals surface area contributed by atoms with Crippen LogP contribution in [0.2, 0.25) is 0 Å². The Morgan fingerprint density at radius 1 is 1.19 bits per heavy atom. The van der Waals surface area contributed by atoms with Crippen LogP contribution in [0.25, 0.3) is 11.0 Å². The maximum atomic E-state index is 12.4. The lowest BCUT2D eigenvalue weighted by Gasteiger charge is -2.20. The van der Waals surface area contributed by atoms with Crippen LogP contribution in [0.1, 0.15) is 69.3 Å². The monoisotopic (exact) mass is 370 g/mol. The van der Waals surface area contributed by atoms with E-state index in [-0.39, 0.29) is 30.7 Å². The van der Waals surface area contributed by atoms with Crippen molar-refractivity contribution < 1.29 is 9.59 Å². The Morgan fingerprint density at radius 2 is 1.93 bits per heavy atom. The van der Waals surface area contributed by atoms with Gasteiger partial charge in [-0.1, -0.05) is 25.8 Å². The minimum absolute atomic E-state index is 0.0957. The van der Waals surface area contributed by atoms with Crippen molar-refractivity contribution in [1.29, 1.82) is 0 Å². The van der Waals surface area contributed by atoms with Crippen LogP contribution in [0, 0.1) is 6.92 Å². The Morgan fingerprint density at radius 3 is 2.63 bits per heavy atom. The predicted molar refractivity (Wildman–Crippen MR) is 106 cm³/mol. The Balaban J connectivity index is 1.55. The van der Waals surface area contributed by atoms with Gasteiger partial charge in [0.1, 0.15) is 5.82 Å². The van der Waals surface area contributed by atoms with Gasteiger partial charge in [-0.15, -0.1) is 0 Å². The van der Waals surface area contributed by atoms with Crippen LogP contribution in [-0.4, -0.2) is 39.8 Å². The van der Waals surface area contributed by atoms with Crippen molar-refractivity contribution in [2.75, 3.05) is 13.1 Å². The number of amides is 2. The molecule has 1 aliphatic heterocycles. The number of hydrogen-bond acceptors (Lipinski definition) is 3. The van der Waals surface area contributed by atoms with Gasteiger partial charge < -0.3 is 15.2 Å². The molecule has 146 valence electrons. The summed E-state index contributed by atoms with van der Waals surface area (Å²) >= 11 is 0. The number of nitrogens with zero attached hydrogens (tertiary/aromatic N) is 2. The summed E-state index contributed by atoms with van der Waals surface area (Å²) in [7, 11) is 0. The summed E-state index contributed by atoms with van der Waals surface area (Å²) in [4.78, 5) is 34.6. The van der Waals surface area contributed by atoms with Crippen LogP contribution < -0.4 is 5.32 Å². The molecule has 0 spiro atoms. The molecule has 1 aromatic carbocycles. The molecule has 2 heterocycles. The Kier molecular flexibility index (Phi) is 6.48. The number of aromatic amines is 1. The zero-order chi connectivity index (χ0) is 19.2. The number of hydrogen-bond donors (Lipinski definition) is 2. The van der Waals surface area contributed by atoms with Crippen LogP contribution >= 0.6 is 0 Å². The number of aryl methyl sites for hydroxylation is 1. The molecule has 1 aliphatic rings. The van der Waals surface area contributed by atoms with Gasteiger partial charge in [0, 0.05) is 25.9 Å². The van der Waals surface area contributed by atoms with Crippen molar-refractivity contribution in [2.24, 2.45) is 0 Å². The third kappa shape index (κ3) is 5.08. The van der Waals surface area contributed by atoms with E-state index in [1.54, 1.807) is 0 Å². The molecule has 0 bridgehead atoms. The number of benzene rings is 1. The Bertz CT molecular complexity index is 791. The summed E-state index contributed by atoms with van der Waals surface area (Å²) in [6.45, 7) is 5.72. The highest BCUT2D eigenvalue weighted by molar-refractivity contribution is 5.84. The molecule has 0 saturated carbocycles. The summed E-state index contributed by atoms with van der Waals surface area (Å²) in [5.41, 5.74) is 3.05. The molecule has 6 nitrogen and oxygen atoms in total. The normalized spacial score (nSPS) is 16.1. The quantitative estimate of drug-likeness (QED) is 0.815. The zero-order valence-corrected chi connectivity index (χ0v) is 16.4. The van der Waals surface area contributed by atoms with Gasteiger partial charge in [0.05, 0.1) is 17.1 Å². The molecule has 1 saturated heterocycles. The molecular weight excluding hydrogens is 340 g/mol. The van der Waals surface area contributed by atoms with Crippen LogP contribution in [0.3, 0.4) is 0 Å². The summed E-state index contributed by atoms with van der Waals surface area (Å²) in [5.74, 6) is 0.770. The predicted octanol–water partition coefficient (Wildman–Crippen LogP) is 3.62. The van der Waals surface area contributed by atoms with Gasteiger partial charge in [0.25, 0.3) is 0 Å². The van der Waals surface area contributed by atoms with E-state index in [9.17, 15) is 9.59 Å². The highest BCUT2D eigenvalue weighted by atomic mass is 16.2.